The number of hydrogen-bond acceptors (Lipinski definition) is 2. The first-order valence-corrected chi connectivity index (χ1v) is 6.70. The lowest BCUT2D eigenvalue weighted by atomic mass is 9.89. The maximum atomic E-state index is 4.33. The lowest BCUT2D eigenvalue weighted by molar-refractivity contribution is 0.301. The van der Waals surface area contributed by atoms with Gasteiger partial charge in [-0.3, -0.25) is 4.98 Å². The summed E-state index contributed by atoms with van der Waals surface area (Å²) in [6, 6.07) is 12.5. The van der Waals surface area contributed by atoms with Crippen LogP contribution in [-0.4, -0.2) is 17.1 Å². The first kappa shape index (κ1) is 12.1. The zero-order valence-electron chi connectivity index (χ0n) is 11.1. The van der Waals surface area contributed by atoms with Crippen molar-refractivity contribution in [2.24, 2.45) is 0 Å². The van der Waals surface area contributed by atoms with Crippen molar-refractivity contribution in [3.05, 3.63) is 60.4 Å². The van der Waals surface area contributed by atoms with E-state index in [1.54, 1.807) is 0 Å². The zero-order chi connectivity index (χ0) is 13.1. The average Bonchev–Trinajstić information content (AvgIpc) is 2.44. The second-order valence-corrected chi connectivity index (χ2v) is 5.30. The predicted molar refractivity (Wildman–Crippen MR) is 79.7 cm³/mol. The van der Waals surface area contributed by atoms with Crippen LogP contribution in [0.3, 0.4) is 0 Å². The maximum absolute atomic E-state index is 4.33. The fourth-order valence-electron chi connectivity index (χ4n) is 2.28. The van der Waals surface area contributed by atoms with Crippen molar-refractivity contribution in [3.8, 4) is 11.1 Å². The van der Waals surface area contributed by atoms with Crippen molar-refractivity contribution in [2.45, 2.75) is 18.9 Å². The molecule has 1 fully saturated rings. The quantitative estimate of drug-likeness (QED) is 0.901. The van der Waals surface area contributed by atoms with Gasteiger partial charge in [-0.05, 0) is 37.1 Å². The van der Waals surface area contributed by atoms with Gasteiger partial charge in [-0.15, -0.1) is 0 Å². The highest BCUT2D eigenvalue weighted by molar-refractivity contribution is 5.66. The van der Waals surface area contributed by atoms with E-state index in [-0.39, 0.29) is 5.54 Å². The van der Waals surface area contributed by atoms with Crippen LogP contribution in [0.15, 0.2) is 54.9 Å². The van der Waals surface area contributed by atoms with Gasteiger partial charge in [0, 0.05) is 23.5 Å². The van der Waals surface area contributed by atoms with Gasteiger partial charge in [0.1, 0.15) is 0 Å². The molecule has 1 atom stereocenters. The van der Waals surface area contributed by atoms with Gasteiger partial charge in [-0.2, -0.15) is 0 Å². The van der Waals surface area contributed by atoms with Crippen molar-refractivity contribution in [1.82, 2.24) is 10.3 Å². The smallest absolute Gasteiger partial charge is 0.0351 e. The summed E-state index contributed by atoms with van der Waals surface area (Å²) in [7, 11) is 0. The molecular formula is C17H18N2. The van der Waals surface area contributed by atoms with Crippen molar-refractivity contribution < 1.29 is 0 Å². The molecule has 0 spiro atoms. The van der Waals surface area contributed by atoms with Crippen LogP contribution in [0.4, 0.5) is 0 Å². The van der Waals surface area contributed by atoms with Gasteiger partial charge < -0.3 is 5.32 Å². The molecule has 1 unspecified atom stereocenters. The fourth-order valence-corrected chi connectivity index (χ4v) is 2.28. The van der Waals surface area contributed by atoms with E-state index in [4.69, 9.17) is 0 Å². The highest BCUT2D eigenvalue weighted by Crippen LogP contribution is 2.22. The molecule has 1 aliphatic heterocycles. The third kappa shape index (κ3) is 2.74. The largest absolute Gasteiger partial charge is 0.308 e. The van der Waals surface area contributed by atoms with Crippen LogP contribution < -0.4 is 5.32 Å². The van der Waals surface area contributed by atoms with Gasteiger partial charge in [-0.1, -0.05) is 42.5 Å². The monoisotopic (exact) mass is 250 g/mol. The minimum atomic E-state index is 0.169. The predicted octanol–water partition coefficient (Wildman–Crippen LogP) is 3.51. The van der Waals surface area contributed by atoms with E-state index in [0.29, 0.717) is 0 Å². The fraction of sp³-hybridized carbons (Fsp3) is 0.235. The molecule has 1 aliphatic rings. The van der Waals surface area contributed by atoms with E-state index in [1.807, 2.05) is 18.5 Å². The Kier molecular flexibility index (Phi) is 3.18. The van der Waals surface area contributed by atoms with Crippen LogP contribution in [0.1, 0.15) is 18.9 Å². The van der Waals surface area contributed by atoms with E-state index in [0.717, 1.165) is 17.7 Å². The van der Waals surface area contributed by atoms with Crippen molar-refractivity contribution in [2.75, 3.05) is 6.54 Å². The summed E-state index contributed by atoms with van der Waals surface area (Å²) in [5.41, 5.74) is 3.69. The second kappa shape index (κ2) is 4.98. The Morgan fingerprint density at radius 1 is 1.16 bits per heavy atom. The van der Waals surface area contributed by atoms with E-state index in [1.165, 1.54) is 12.0 Å². The summed E-state index contributed by atoms with van der Waals surface area (Å²) in [4.78, 5) is 4.33. The summed E-state index contributed by atoms with van der Waals surface area (Å²) in [6.45, 7) is 3.34. The summed E-state index contributed by atoms with van der Waals surface area (Å²) < 4.78 is 0. The Bertz CT molecular complexity index is 583. The molecule has 19 heavy (non-hydrogen) atoms. The minimum absolute atomic E-state index is 0.169. The molecule has 2 heterocycles. The number of pyridine rings is 1. The van der Waals surface area contributed by atoms with Gasteiger partial charge in [0.25, 0.3) is 0 Å². The van der Waals surface area contributed by atoms with Crippen LogP contribution in [0, 0.1) is 0 Å². The molecule has 0 amide bonds. The van der Waals surface area contributed by atoms with Crippen LogP contribution >= 0.6 is 0 Å². The highest BCUT2D eigenvalue weighted by atomic mass is 15.0. The molecule has 2 nitrogen and oxygen atoms in total. The molecule has 0 saturated carbocycles. The Morgan fingerprint density at radius 3 is 2.63 bits per heavy atom. The minimum Gasteiger partial charge on any atom is -0.308 e. The summed E-state index contributed by atoms with van der Waals surface area (Å²) in [6.07, 6.45) is 9.42. The van der Waals surface area contributed by atoms with E-state index in [9.17, 15) is 0 Å². The molecule has 1 N–H and O–H groups in total. The third-order valence-corrected chi connectivity index (χ3v) is 3.68. The number of hydrogen-bond donors (Lipinski definition) is 1. The Balaban J connectivity index is 1.84. The first-order chi connectivity index (χ1) is 9.25. The normalized spacial score (nSPS) is 22.4. The number of rotatable bonds is 3. The standard InChI is InChI=1S/C17H18N2/c1-17(9-10-19-17)8-7-14-11-16(13-18-12-14)15-5-3-2-4-6-15/h2-8,11-13,19H,9-10H2,1H3. The van der Waals surface area contributed by atoms with Crippen LogP contribution in [-0.2, 0) is 0 Å². The lowest BCUT2D eigenvalue weighted by Crippen LogP contribution is -2.52. The van der Waals surface area contributed by atoms with Gasteiger partial charge in [0.15, 0.2) is 0 Å². The Hall–Kier alpha value is -1.93. The van der Waals surface area contributed by atoms with Crippen molar-refractivity contribution in [1.29, 1.82) is 0 Å². The van der Waals surface area contributed by atoms with Crippen LogP contribution in [0.25, 0.3) is 17.2 Å². The third-order valence-electron chi connectivity index (χ3n) is 3.68. The molecule has 0 bridgehead atoms. The number of nitrogens with zero attached hydrogens (tertiary/aromatic N) is 1. The molecule has 0 aliphatic carbocycles. The molecule has 1 aromatic heterocycles. The van der Waals surface area contributed by atoms with E-state index >= 15 is 0 Å². The SMILES string of the molecule is CC1(C=Cc2cncc(-c3ccccc3)c2)CCN1. The van der Waals surface area contributed by atoms with Crippen molar-refractivity contribution >= 4 is 6.08 Å². The molecular weight excluding hydrogens is 232 g/mol. The lowest BCUT2D eigenvalue weighted by Gasteiger charge is -2.37. The molecule has 2 aromatic rings. The van der Waals surface area contributed by atoms with Crippen LogP contribution in [0.5, 0.6) is 0 Å². The van der Waals surface area contributed by atoms with Gasteiger partial charge in [-0.25, -0.2) is 0 Å². The van der Waals surface area contributed by atoms with Crippen LogP contribution in [0.2, 0.25) is 0 Å². The van der Waals surface area contributed by atoms with E-state index in [2.05, 4.69) is 59.7 Å². The summed E-state index contributed by atoms with van der Waals surface area (Å²) >= 11 is 0. The molecule has 1 aromatic carbocycles. The number of nitrogens with one attached hydrogen (secondary N) is 1. The molecule has 3 rings (SSSR count). The average molecular weight is 250 g/mol. The number of benzene rings is 1. The molecule has 2 heteroatoms. The Labute approximate surface area is 114 Å². The topological polar surface area (TPSA) is 24.9 Å². The van der Waals surface area contributed by atoms with Gasteiger partial charge >= 0.3 is 0 Å². The maximum Gasteiger partial charge on any atom is 0.0351 e. The zero-order valence-corrected chi connectivity index (χ0v) is 11.1. The summed E-state index contributed by atoms with van der Waals surface area (Å²) in [5, 5.41) is 3.43. The Morgan fingerprint density at radius 2 is 1.95 bits per heavy atom. The second-order valence-electron chi connectivity index (χ2n) is 5.30. The highest BCUT2D eigenvalue weighted by Gasteiger charge is 2.27. The van der Waals surface area contributed by atoms with Gasteiger partial charge in [0.05, 0.1) is 0 Å². The molecule has 1 saturated heterocycles. The number of aromatic nitrogens is 1. The van der Waals surface area contributed by atoms with E-state index < -0.39 is 0 Å². The first-order valence-electron chi connectivity index (χ1n) is 6.70. The molecule has 96 valence electrons. The van der Waals surface area contributed by atoms with Crippen molar-refractivity contribution in [3.63, 3.8) is 0 Å². The molecule has 0 radical (unpaired) electrons. The summed E-state index contributed by atoms with van der Waals surface area (Å²) in [5.74, 6) is 0. The van der Waals surface area contributed by atoms with Gasteiger partial charge in [0.2, 0.25) is 0 Å².